The maximum atomic E-state index is 9.72. The summed E-state index contributed by atoms with van der Waals surface area (Å²) in [7, 11) is 2.10. The lowest BCUT2D eigenvalue weighted by molar-refractivity contribution is -0.633. The third kappa shape index (κ3) is 6.29. The van der Waals surface area contributed by atoms with Crippen molar-refractivity contribution in [2.45, 2.75) is 98.8 Å². The Kier molecular flexibility index (Phi) is 8.43. The highest BCUT2D eigenvalue weighted by Crippen LogP contribution is 2.43. The highest BCUT2D eigenvalue weighted by Gasteiger charge is 2.34. The van der Waals surface area contributed by atoms with E-state index in [4.69, 9.17) is 19.4 Å². The second kappa shape index (κ2) is 13.5. The standard InChI is InChI=1S/C50H54N5O/c1-29(2)37-27-34(32-22-24-33(25-23-32)45-51-47(49(6,7)8)53-48(52-45)50(9,10)11)28-38(30(3)4)43(37)55-40-19-15-14-18-39(40)54(12)46(55)42-31(5)21-26-36-35-17-13-16-20-41(35)56-44(36)42/h13-30H,1-12H3/q+1/i29D,30D. The number of furan rings is 1. The molecule has 0 aliphatic rings. The molecule has 0 saturated heterocycles. The number of benzene rings is 5. The molecule has 0 spiro atoms. The summed E-state index contributed by atoms with van der Waals surface area (Å²) >= 11 is 0. The molecule has 0 N–H and O–H groups in total. The zero-order valence-corrected chi connectivity index (χ0v) is 34.9. The lowest BCUT2D eigenvalue weighted by atomic mass is 9.87. The predicted octanol–water partition coefficient (Wildman–Crippen LogP) is 12.7. The lowest BCUT2D eigenvalue weighted by Crippen LogP contribution is -2.30. The van der Waals surface area contributed by atoms with Crippen LogP contribution < -0.4 is 4.57 Å². The highest BCUT2D eigenvalue weighted by molar-refractivity contribution is 6.10. The van der Waals surface area contributed by atoms with Crippen molar-refractivity contribution in [3.63, 3.8) is 0 Å². The van der Waals surface area contributed by atoms with Gasteiger partial charge in [-0.2, -0.15) is 4.57 Å². The van der Waals surface area contributed by atoms with Gasteiger partial charge in [0, 0.05) is 41.0 Å². The summed E-state index contributed by atoms with van der Waals surface area (Å²) in [6.45, 7) is 22.7. The fourth-order valence-electron chi connectivity index (χ4n) is 7.78. The quantitative estimate of drug-likeness (QED) is 0.159. The number of hydrogen-bond acceptors (Lipinski definition) is 4. The number of hydrogen-bond donors (Lipinski definition) is 0. The summed E-state index contributed by atoms with van der Waals surface area (Å²) in [4.78, 5) is 14.8. The number of aryl methyl sites for hydroxylation is 2. The molecule has 6 heteroatoms. The van der Waals surface area contributed by atoms with E-state index < -0.39 is 11.8 Å². The van der Waals surface area contributed by atoms with Crippen molar-refractivity contribution in [3.8, 4) is 39.6 Å². The molecule has 56 heavy (non-hydrogen) atoms. The van der Waals surface area contributed by atoms with Crippen LogP contribution in [0.5, 0.6) is 0 Å². The molecular formula is C50H54N5O+. The number of nitrogens with zero attached hydrogens (tertiary/aromatic N) is 5. The molecule has 0 unspecified atom stereocenters. The van der Waals surface area contributed by atoms with Crippen molar-refractivity contribution in [3.05, 3.63) is 125 Å². The van der Waals surface area contributed by atoms with E-state index in [1.807, 2.05) is 45.9 Å². The maximum Gasteiger partial charge on any atom is 0.299 e. The summed E-state index contributed by atoms with van der Waals surface area (Å²) in [5.41, 5.74) is 10.6. The van der Waals surface area contributed by atoms with E-state index in [2.05, 4.69) is 144 Å². The first kappa shape index (κ1) is 34.8. The highest BCUT2D eigenvalue weighted by atomic mass is 16.3. The largest absolute Gasteiger partial charge is 0.455 e. The van der Waals surface area contributed by atoms with Gasteiger partial charge in [0.2, 0.25) is 0 Å². The van der Waals surface area contributed by atoms with Crippen molar-refractivity contribution >= 4 is 33.0 Å². The number of aromatic nitrogens is 5. The van der Waals surface area contributed by atoms with Crippen LogP contribution in [-0.2, 0) is 17.9 Å². The average Bonchev–Trinajstić information content (AvgIpc) is 3.67. The molecule has 0 bridgehead atoms. The molecule has 0 amide bonds. The minimum Gasteiger partial charge on any atom is -0.455 e. The van der Waals surface area contributed by atoms with E-state index in [1.54, 1.807) is 0 Å². The van der Waals surface area contributed by atoms with Crippen LogP contribution in [0, 0.1) is 6.92 Å². The van der Waals surface area contributed by atoms with E-state index in [-0.39, 0.29) is 10.8 Å². The molecule has 0 fully saturated rings. The Morgan fingerprint density at radius 2 is 1.23 bits per heavy atom. The molecule has 6 nitrogen and oxygen atoms in total. The minimum atomic E-state index is -1.04. The third-order valence-electron chi connectivity index (χ3n) is 10.9. The van der Waals surface area contributed by atoms with Crippen LogP contribution in [0.15, 0.2) is 101 Å². The normalized spacial score (nSPS) is 13.5. The van der Waals surface area contributed by atoms with Crippen molar-refractivity contribution < 1.29 is 11.7 Å². The average molecular weight is 743 g/mol. The monoisotopic (exact) mass is 742 g/mol. The second-order valence-electron chi connectivity index (χ2n) is 17.7. The van der Waals surface area contributed by atoms with Crippen molar-refractivity contribution in [1.82, 2.24) is 19.5 Å². The number of rotatable bonds is 6. The molecule has 3 heterocycles. The van der Waals surface area contributed by atoms with Crippen LogP contribution in [0.4, 0.5) is 0 Å². The number of fused-ring (bicyclic) bond motifs is 4. The van der Waals surface area contributed by atoms with Gasteiger partial charge in [0.25, 0.3) is 5.82 Å². The molecular weight excluding hydrogens is 687 g/mol. The summed E-state index contributed by atoms with van der Waals surface area (Å²) in [5, 5.41) is 2.12. The van der Waals surface area contributed by atoms with Crippen LogP contribution in [0.3, 0.4) is 0 Å². The van der Waals surface area contributed by atoms with Gasteiger partial charge >= 0.3 is 0 Å². The number of imidazole rings is 1. The molecule has 0 radical (unpaired) electrons. The van der Waals surface area contributed by atoms with Gasteiger partial charge in [0.1, 0.15) is 28.5 Å². The van der Waals surface area contributed by atoms with Gasteiger partial charge in [0.05, 0.1) is 7.05 Å². The van der Waals surface area contributed by atoms with Crippen molar-refractivity contribution in [2.75, 3.05) is 0 Å². The molecule has 3 aromatic heterocycles. The summed E-state index contributed by atoms with van der Waals surface area (Å²) in [6.07, 6.45) is 0. The van der Waals surface area contributed by atoms with Gasteiger partial charge in [-0.3, -0.25) is 0 Å². The zero-order chi connectivity index (χ0) is 41.7. The molecule has 0 aliphatic carbocycles. The van der Waals surface area contributed by atoms with Crippen LogP contribution >= 0.6 is 0 Å². The summed E-state index contributed by atoms with van der Waals surface area (Å²) < 4.78 is 30.7. The Bertz CT molecular complexity index is 2820. The fourth-order valence-corrected chi connectivity index (χ4v) is 7.78. The van der Waals surface area contributed by atoms with Gasteiger partial charge in [-0.05, 0) is 65.7 Å². The molecule has 0 saturated carbocycles. The Morgan fingerprint density at radius 1 is 0.661 bits per heavy atom. The molecule has 0 aliphatic heterocycles. The van der Waals surface area contributed by atoms with Gasteiger partial charge in [0.15, 0.2) is 22.4 Å². The van der Waals surface area contributed by atoms with Gasteiger partial charge in [-0.1, -0.05) is 136 Å². The van der Waals surface area contributed by atoms with Crippen molar-refractivity contribution in [1.29, 1.82) is 0 Å². The predicted molar refractivity (Wildman–Crippen MR) is 232 cm³/mol. The van der Waals surface area contributed by atoms with E-state index in [1.165, 1.54) is 0 Å². The first-order valence-electron chi connectivity index (χ1n) is 20.6. The van der Waals surface area contributed by atoms with E-state index in [0.29, 0.717) is 5.82 Å². The van der Waals surface area contributed by atoms with Crippen LogP contribution in [0.1, 0.15) is 112 Å². The molecule has 8 aromatic rings. The first-order chi connectivity index (χ1) is 27.1. The summed E-state index contributed by atoms with van der Waals surface area (Å²) in [6, 6.07) is 33.6. The Morgan fingerprint density at radius 3 is 1.84 bits per heavy atom. The van der Waals surface area contributed by atoms with E-state index >= 15 is 0 Å². The Hall–Kier alpha value is -5.62. The van der Waals surface area contributed by atoms with Crippen LogP contribution in [-0.4, -0.2) is 19.5 Å². The Labute approximate surface area is 334 Å². The molecule has 8 rings (SSSR count). The van der Waals surface area contributed by atoms with Gasteiger partial charge in [-0.25, -0.2) is 19.5 Å². The molecule has 5 aromatic carbocycles. The second-order valence-corrected chi connectivity index (χ2v) is 17.7. The van der Waals surface area contributed by atoms with Crippen LogP contribution in [0.2, 0.25) is 0 Å². The van der Waals surface area contributed by atoms with E-state index in [0.717, 1.165) is 95.1 Å². The summed E-state index contributed by atoms with van der Waals surface area (Å²) in [5.74, 6) is 1.04. The van der Waals surface area contributed by atoms with Crippen molar-refractivity contribution in [2.24, 2.45) is 7.05 Å². The Balaban J connectivity index is 1.38. The van der Waals surface area contributed by atoms with Gasteiger partial charge < -0.3 is 4.42 Å². The minimum absolute atomic E-state index is 0.239. The fraction of sp³-hybridized carbons (Fsp3) is 0.320. The lowest BCUT2D eigenvalue weighted by Gasteiger charge is -2.23. The first-order valence-corrected chi connectivity index (χ1v) is 19.6. The van der Waals surface area contributed by atoms with Gasteiger partial charge in [-0.15, -0.1) is 0 Å². The maximum absolute atomic E-state index is 9.72. The van der Waals surface area contributed by atoms with E-state index in [9.17, 15) is 2.74 Å². The smallest absolute Gasteiger partial charge is 0.299 e. The van der Waals surface area contributed by atoms with Crippen LogP contribution in [0.25, 0.3) is 72.6 Å². The zero-order valence-electron chi connectivity index (χ0n) is 36.9. The SMILES string of the molecule is [2H]C(C)(C)c1cc(-c2ccc(-c3nc(C(C)(C)C)nc(C(C)(C)C)n3)cc2)cc(C([2H])(C)C)c1-n1c(-c2c(C)ccc3c2oc2ccccc23)[n+](C)c2ccccc21. The topological polar surface area (TPSA) is 60.6 Å². The molecule has 0 atom stereocenters. The third-order valence-corrected chi connectivity index (χ3v) is 10.9. The molecule has 284 valence electrons. The number of para-hydroxylation sites is 3.